The van der Waals surface area contributed by atoms with Gasteiger partial charge in [0.25, 0.3) is 0 Å². The predicted molar refractivity (Wildman–Crippen MR) is 126 cm³/mol. The van der Waals surface area contributed by atoms with Crippen LogP contribution in [0, 0.1) is 59.2 Å². The minimum atomic E-state index is 0.829. The molecule has 28 heavy (non-hydrogen) atoms. The van der Waals surface area contributed by atoms with E-state index in [-0.39, 0.29) is 0 Å². The van der Waals surface area contributed by atoms with Crippen molar-refractivity contribution in [2.45, 2.75) is 107 Å². The second kappa shape index (κ2) is 10.7. The largest absolute Gasteiger partial charge is 0.0825 e. The van der Waals surface area contributed by atoms with E-state index < -0.39 is 0 Å². The highest BCUT2D eigenvalue weighted by Gasteiger charge is 2.38. The van der Waals surface area contributed by atoms with Crippen LogP contribution in [0.2, 0.25) is 0 Å². The van der Waals surface area contributed by atoms with Crippen molar-refractivity contribution >= 4 is 0 Å². The first kappa shape index (κ1) is 24.0. The molecule has 4 rings (SSSR count). The van der Waals surface area contributed by atoms with Gasteiger partial charge in [-0.25, -0.2) is 0 Å². The molecule has 0 radical (unpaired) electrons. The lowest BCUT2D eigenvalue weighted by molar-refractivity contribution is 0.157. The van der Waals surface area contributed by atoms with Crippen LogP contribution in [-0.4, -0.2) is 0 Å². The molecule has 0 amide bonds. The van der Waals surface area contributed by atoms with Crippen molar-refractivity contribution in [3.8, 4) is 0 Å². The normalized spacial score (nSPS) is 47.4. The quantitative estimate of drug-likeness (QED) is 0.363. The molecule has 4 aliphatic rings. The van der Waals surface area contributed by atoms with E-state index in [4.69, 9.17) is 0 Å². The van der Waals surface area contributed by atoms with Crippen molar-refractivity contribution < 1.29 is 0 Å². The van der Waals surface area contributed by atoms with Crippen molar-refractivity contribution in [1.29, 1.82) is 0 Å². The Morgan fingerprint density at radius 2 is 0.929 bits per heavy atom. The molecule has 8 unspecified atom stereocenters. The van der Waals surface area contributed by atoms with Gasteiger partial charge in [-0.1, -0.05) is 67.0 Å². The fourth-order valence-corrected chi connectivity index (χ4v) is 6.72. The Morgan fingerprint density at radius 3 is 1.18 bits per heavy atom. The van der Waals surface area contributed by atoms with Gasteiger partial charge < -0.3 is 0 Å². The molecule has 0 saturated heterocycles. The molecule has 3 saturated carbocycles. The molecule has 0 aliphatic heterocycles. The average molecular weight is 389 g/mol. The second-order valence-corrected chi connectivity index (χ2v) is 12.1. The first-order valence-electron chi connectivity index (χ1n) is 12.7. The first-order chi connectivity index (χ1) is 13.1. The molecule has 0 heteroatoms. The second-order valence-electron chi connectivity index (χ2n) is 12.1. The van der Waals surface area contributed by atoms with E-state index in [2.05, 4.69) is 68.4 Å². The lowest BCUT2D eigenvalue weighted by Crippen LogP contribution is -2.25. The molecule has 3 fully saturated rings. The number of hydrogen-bond acceptors (Lipinski definition) is 0. The van der Waals surface area contributed by atoms with Crippen LogP contribution in [0.3, 0.4) is 0 Å². The summed E-state index contributed by atoms with van der Waals surface area (Å²) in [5, 5.41) is 0. The smallest absolute Gasteiger partial charge is 0.0231 e. The van der Waals surface area contributed by atoms with Crippen molar-refractivity contribution in [3.63, 3.8) is 0 Å². The van der Waals surface area contributed by atoms with Crippen LogP contribution in [0.4, 0.5) is 0 Å². The number of fused-ring (bicyclic) bond motifs is 1. The van der Waals surface area contributed by atoms with E-state index in [0.29, 0.717) is 0 Å². The van der Waals surface area contributed by atoms with Gasteiger partial charge in [0.1, 0.15) is 0 Å². The third-order valence-corrected chi connectivity index (χ3v) is 9.01. The van der Waals surface area contributed by atoms with Gasteiger partial charge in [-0.05, 0) is 111 Å². The summed E-state index contributed by atoms with van der Waals surface area (Å²) in [5.41, 5.74) is 1.57. The highest BCUT2D eigenvalue weighted by molar-refractivity contribution is 5.09. The third kappa shape index (κ3) is 6.91. The average Bonchev–Trinajstić information content (AvgIpc) is 3.18. The van der Waals surface area contributed by atoms with Crippen LogP contribution in [0.5, 0.6) is 0 Å². The van der Waals surface area contributed by atoms with Crippen molar-refractivity contribution in [2.24, 2.45) is 59.2 Å². The first-order valence-corrected chi connectivity index (χ1v) is 12.7. The van der Waals surface area contributed by atoms with Crippen molar-refractivity contribution in [3.05, 3.63) is 11.6 Å². The molecule has 0 bridgehead atoms. The van der Waals surface area contributed by atoms with Crippen LogP contribution in [-0.2, 0) is 0 Å². The molecule has 164 valence electrons. The molecule has 0 nitrogen and oxygen atoms in total. The fraction of sp³-hybridized carbons (Fsp3) is 0.929. The SMILES string of the molecule is CC1=CC(C)C(C)C1.CC1CC(C)C(C)C1.CC1CC2CC(C)C(C)CC2C1. The highest BCUT2D eigenvalue weighted by atomic mass is 14.4. The maximum atomic E-state index is 2.45. The Morgan fingerprint density at radius 1 is 0.536 bits per heavy atom. The van der Waals surface area contributed by atoms with E-state index in [9.17, 15) is 0 Å². The highest BCUT2D eigenvalue weighted by Crippen LogP contribution is 2.48. The van der Waals surface area contributed by atoms with Crippen LogP contribution < -0.4 is 0 Å². The van der Waals surface area contributed by atoms with Crippen molar-refractivity contribution in [1.82, 2.24) is 0 Å². The van der Waals surface area contributed by atoms with Gasteiger partial charge in [-0.15, -0.1) is 0 Å². The van der Waals surface area contributed by atoms with E-state index in [1.54, 1.807) is 5.57 Å². The van der Waals surface area contributed by atoms with Gasteiger partial charge in [0.05, 0.1) is 0 Å². The zero-order valence-corrected chi connectivity index (χ0v) is 20.8. The summed E-state index contributed by atoms with van der Waals surface area (Å²) in [4.78, 5) is 0. The standard InChI is InChI=1S/C12H22.C8H16.C8H14/c1-8-4-11-6-9(2)10(3)7-12(11)5-8;2*1-6-4-7(2)8(3)5-6/h8-12H,4-7H2,1-3H3;6-8H,4-5H2,1-3H3;4,7-8H,5H2,1-3H3. The molecule has 4 aliphatic carbocycles. The minimum absolute atomic E-state index is 0.829. The van der Waals surface area contributed by atoms with Crippen LogP contribution >= 0.6 is 0 Å². The summed E-state index contributed by atoms with van der Waals surface area (Å²) >= 11 is 0. The Hall–Kier alpha value is -0.260. The topological polar surface area (TPSA) is 0 Å². The predicted octanol–water partition coefficient (Wildman–Crippen LogP) is 9.01. The Bertz CT molecular complexity index is 460. The molecular weight excluding hydrogens is 336 g/mol. The fourth-order valence-electron chi connectivity index (χ4n) is 6.72. The van der Waals surface area contributed by atoms with E-state index in [0.717, 1.165) is 59.2 Å². The summed E-state index contributed by atoms with van der Waals surface area (Å²) in [6.45, 7) is 21.3. The maximum Gasteiger partial charge on any atom is -0.0231 e. The molecule has 0 aromatic carbocycles. The molecular formula is C28H52. The summed E-state index contributed by atoms with van der Waals surface area (Å²) in [6.07, 6.45) is 12.7. The van der Waals surface area contributed by atoms with Gasteiger partial charge in [-0.3, -0.25) is 0 Å². The Kier molecular flexibility index (Phi) is 9.15. The van der Waals surface area contributed by atoms with Gasteiger partial charge in [0.15, 0.2) is 0 Å². The van der Waals surface area contributed by atoms with E-state index in [1.807, 2.05) is 0 Å². The van der Waals surface area contributed by atoms with Gasteiger partial charge in [-0.2, -0.15) is 0 Å². The number of allylic oxidation sites excluding steroid dienone is 2. The molecule has 0 aromatic heterocycles. The Labute approximate surface area is 178 Å². The summed E-state index contributed by atoms with van der Waals surface area (Å²) in [5.74, 6) is 9.93. The van der Waals surface area contributed by atoms with E-state index >= 15 is 0 Å². The van der Waals surface area contributed by atoms with Crippen molar-refractivity contribution in [2.75, 3.05) is 0 Å². The summed E-state index contributed by atoms with van der Waals surface area (Å²) in [6, 6.07) is 0. The minimum Gasteiger partial charge on any atom is -0.0825 e. The molecule has 0 spiro atoms. The summed E-state index contributed by atoms with van der Waals surface area (Å²) in [7, 11) is 0. The van der Waals surface area contributed by atoms with Gasteiger partial charge >= 0.3 is 0 Å². The van der Waals surface area contributed by atoms with Gasteiger partial charge in [0, 0.05) is 0 Å². The molecule has 8 atom stereocenters. The zero-order valence-electron chi connectivity index (χ0n) is 20.8. The molecule has 0 heterocycles. The summed E-state index contributed by atoms with van der Waals surface area (Å²) < 4.78 is 0. The Balaban J connectivity index is 0.000000156. The van der Waals surface area contributed by atoms with Crippen LogP contribution in [0.1, 0.15) is 107 Å². The molecule has 0 aromatic rings. The number of rotatable bonds is 0. The lowest BCUT2D eigenvalue weighted by atomic mass is 9.71. The molecule has 0 N–H and O–H groups in total. The van der Waals surface area contributed by atoms with Gasteiger partial charge in [0.2, 0.25) is 0 Å². The monoisotopic (exact) mass is 388 g/mol. The van der Waals surface area contributed by atoms with Crippen LogP contribution in [0.15, 0.2) is 11.6 Å². The van der Waals surface area contributed by atoms with Crippen LogP contribution in [0.25, 0.3) is 0 Å². The maximum absolute atomic E-state index is 2.45. The van der Waals surface area contributed by atoms with E-state index in [1.165, 1.54) is 44.9 Å². The number of hydrogen-bond donors (Lipinski definition) is 0. The third-order valence-electron chi connectivity index (χ3n) is 9.01. The lowest BCUT2D eigenvalue weighted by Gasteiger charge is -2.34. The zero-order chi connectivity index (χ0) is 21.0.